The van der Waals surface area contributed by atoms with Gasteiger partial charge in [-0.25, -0.2) is 4.39 Å². The average Bonchev–Trinajstić information content (AvgIpc) is 3.58. The van der Waals surface area contributed by atoms with Crippen LogP contribution in [0.15, 0.2) is 97.5 Å². The first-order chi connectivity index (χ1) is 18.0. The quantitative estimate of drug-likeness (QED) is 0.286. The molecule has 0 radical (unpaired) electrons. The number of nitrogens with zero attached hydrogens (tertiary/aromatic N) is 2. The topological polar surface area (TPSA) is 91.8 Å². The van der Waals surface area contributed by atoms with E-state index in [0.717, 1.165) is 27.6 Å². The molecule has 3 N–H and O–H groups in total. The lowest BCUT2D eigenvalue weighted by Crippen LogP contribution is -2.47. The molecule has 1 atom stereocenters. The Hall–Kier alpha value is -4.72. The second-order valence-corrected chi connectivity index (χ2v) is 8.83. The summed E-state index contributed by atoms with van der Waals surface area (Å²) in [4.78, 5) is 29.4. The van der Waals surface area contributed by atoms with Gasteiger partial charge >= 0.3 is 0 Å². The van der Waals surface area contributed by atoms with Gasteiger partial charge in [0.2, 0.25) is 5.91 Å². The number of hydrogen-bond acceptors (Lipinski definition) is 3. The Kier molecular flexibility index (Phi) is 7.07. The van der Waals surface area contributed by atoms with Crippen LogP contribution in [0.1, 0.15) is 27.0 Å². The highest BCUT2D eigenvalue weighted by Gasteiger charge is 2.23. The molecule has 3 aromatic carbocycles. The Morgan fingerprint density at radius 3 is 2.46 bits per heavy atom. The molecule has 0 saturated carbocycles. The van der Waals surface area contributed by atoms with E-state index in [1.807, 2.05) is 71.7 Å². The van der Waals surface area contributed by atoms with Gasteiger partial charge in [-0.3, -0.25) is 14.3 Å². The van der Waals surface area contributed by atoms with Crippen LogP contribution >= 0.6 is 0 Å². The summed E-state index contributed by atoms with van der Waals surface area (Å²) in [5, 5.41) is 11.0. The van der Waals surface area contributed by atoms with E-state index in [0.29, 0.717) is 19.5 Å². The van der Waals surface area contributed by atoms with E-state index in [-0.39, 0.29) is 11.5 Å². The average molecular weight is 496 g/mol. The summed E-state index contributed by atoms with van der Waals surface area (Å²) in [7, 11) is 0. The fraction of sp³-hybridized carbons (Fsp3) is 0.138. The standard InChI is InChI=1S/C29H26FN5O2/c30-24-12-10-22(11-13-24)28(36)34-27(16-23-18-31-26-5-2-1-4-25(23)26)29(37)32-17-20-6-8-21(9-7-20)19-35-15-3-14-33-35/h1-15,18,27,31H,16-17,19H2,(H,32,37)(H,34,36)/t27-/m0/s1. The summed E-state index contributed by atoms with van der Waals surface area (Å²) in [6.45, 7) is 0.986. The molecular formula is C29H26FN5O2. The molecule has 0 fully saturated rings. The zero-order chi connectivity index (χ0) is 25.6. The van der Waals surface area contributed by atoms with Crippen molar-refractivity contribution in [3.05, 3.63) is 126 Å². The molecule has 5 rings (SSSR count). The molecule has 0 aliphatic rings. The molecular weight excluding hydrogens is 469 g/mol. The van der Waals surface area contributed by atoms with Gasteiger partial charge in [-0.15, -0.1) is 0 Å². The number of nitrogens with one attached hydrogen (secondary N) is 3. The second kappa shape index (κ2) is 10.9. The van der Waals surface area contributed by atoms with Gasteiger partial charge in [0.15, 0.2) is 0 Å². The van der Waals surface area contributed by atoms with Crippen molar-refractivity contribution < 1.29 is 14.0 Å². The van der Waals surface area contributed by atoms with Crippen LogP contribution in [-0.4, -0.2) is 32.6 Å². The van der Waals surface area contributed by atoms with Gasteiger partial charge < -0.3 is 15.6 Å². The van der Waals surface area contributed by atoms with Crippen molar-refractivity contribution in [3.63, 3.8) is 0 Å². The number of H-pyrrole nitrogens is 1. The summed E-state index contributed by atoms with van der Waals surface area (Å²) >= 11 is 0. The maximum Gasteiger partial charge on any atom is 0.251 e. The molecule has 0 spiro atoms. The van der Waals surface area contributed by atoms with Crippen molar-refractivity contribution in [2.24, 2.45) is 0 Å². The minimum absolute atomic E-state index is 0.283. The summed E-state index contributed by atoms with van der Waals surface area (Å²) in [5.74, 6) is -1.18. The maximum atomic E-state index is 13.3. The number of rotatable bonds is 9. The van der Waals surface area contributed by atoms with Gasteiger partial charge in [0.1, 0.15) is 11.9 Å². The highest BCUT2D eigenvalue weighted by atomic mass is 19.1. The highest BCUT2D eigenvalue weighted by Crippen LogP contribution is 2.19. The Balaban J connectivity index is 1.28. The zero-order valence-electron chi connectivity index (χ0n) is 20.0. The van der Waals surface area contributed by atoms with Crippen molar-refractivity contribution in [2.45, 2.75) is 25.6 Å². The van der Waals surface area contributed by atoms with Crippen LogP contribution < -0.4 is 10.6 Å². The van der Waals surface area contributed by atoms with Crippen LogP contribution in [0.3, 0.4) is 0 Å². The third kappa shape index (κ3) is 5.92. The molecule has 0 aliphatic carbocycles. The molecule has 37 heavy (non-hydrogen) atoms. The Morgan fingerprint density at radius 1 is 0.946 bits per heavy atom. The number of carbonyl (C=O) groups is 2. The van der Waals surface area contributed by atoms with Crippen molar-refractivity contribution in [2.75, 3.05) is 0 Å². The molecule has 8 heteroatoms. The fourth-order valence-corrected chi connectivity index (χ4v) is 4.23. The van der Waals surface area contributed by atoms with Crippen molar-refractivity contribution in [1.29, 1.82) is 0 Å². The minimum Gasteiger partial charge on any atom is -0.361 e. The SMILES string of the molecule is O=C(N[C@@H](Cc1c[nH]c2ccccc12)C(=O)NCc1ccc(Cn2cccn2)cc1)c1ccc(F)cc1. The third-order valence-electron chi connectivity index (χ3n) is 6.22. The number of aromatic amines is 1. The van der Waals surface area contributed by atoms with Gasteiger partial charge in [-0.2, -0.15) is 5.10 Å². The number of aromatic nitrogens is 3. The summed E-state index contributed by atoms with van der Waals surface area (Å²) in [5.41, 5.74) is 4.19. The van der Waals surface area contributed by atoms with Gasteiger partial charge in [-0.1, -0.05) is 42.5 Å². The van der Waals surface area contributed by atoms with Crippen molar-refractivity contribution in [3.8, 4) is 0 Å². The molecule has 2 amide bonds. The van der Waals surface area contributed by atoms with E-state index >= 15 is 0 Å². The molecule has 0 bridgehead atoms. The number of para-hydroxylation sites is 1. The zero-order valence-corrected chi connectivity index (χ0v) is 20.0. The lowest BCUT2D eigenvalue weighted by atomic mass is 10.0. The third-order valence-corrected chi connectivity index (χ3v) is 6.22. The number of fused-ring (bicyclic) bond motifs is 1. The van der Waals surface area contributed by atoms with E-state index in [9.17, 15) is 14.0 Å². The number of hydrogen-bond donors (Lipinski definition) is 3. The number of amides is 2. The molecule has 0 aliphatic heterocycles. The smallest absolute Gasteiger partial charge is 0.251 e. The second-order valence-electron chi connectivity index (χ2n) is 8.83. The van der Waals surface area contributed by atoms with Crippen LogP contribution in [-0.2, 0) is 24.3 Å². The van der Waals surface area contributed by atoms with E-state index in [4.69, 9.17) is 0 Å². The molecule has 2 heterocycles. The van der Waals surface area contributed by atoms with Crippen LogP contribution in [0.25, 0.3) is 10.9 Å². The summed E-state index contributed by atoms with van der Waals surface area (Å²) < 4.78 is 15.2. The molecule has 0 unspecified atom stereocenters. The van der Waals surface area contributed by atoms with E-state index in [1.54, 1.807) is 6.20 Å². The van der Waals surface area contributed by atoms with Crippen molar-refractivity contribution in [1.82, 2.24) is 25.4 Å². The van der Waals surface area contributed by atoms with Crippen LogP contribution in [0, 0.1) is 5.82 Å². The summed E-state index contributed by atoms with van der Waals surface area (Å²) in [6.07, 6.45) is 5.80. The van der Waals surface area contributed by atoms with Crippen LogP contribution in [0.4, 0.5) is 4.39 Å². The maximum absolute atomic E-state index is 13.3. The minimum atomic E-state index is -0.823. The first kappa shape index (κ1) is 24.0. The van der Waals surface area contributed by atoms with Gasteiger partial charge in [0.05, 0.1) is 6.54 Å². The predicted octanol–water partition coefficient (Wildman–Crippen LogP) is 4.21. The van der Waals surface area contributed by atoms with E-state index in [1.165, 1.54) is 24.3 Å². The Labute approximate surface area is 213 Å². The lowest BCUT2D eigenvalue weighted by Gasteiger charge is -2.19. The van der Waals surface area contributed by atoms with Crippen molar-refractivity contribution >= 4 is 22.7 Å². The van der Waals surface area contributed by atoms with Gasteiger partial charge in [0, 0.05) is 48.0 Å². The highest BCUT2D eigenvalue weighted by molar-refractivity contribution is 5.98. The molecule has 0 saturated heterocycles. The largest absolute Gasteiger partial charge is 0.361 e. The van der Waals surface area contributed by atoms with Gasteiger partial charge in [-0.05, 0) is 53.1 Å². The first-order valence-electron chi connectivity index (χ1n) is 12.0. The normalized spacial score (nSPS) is 11.8. The number of benzene rings is 3. The predicted molar refractivity (Wildman–Crippen MR) is 139 cm³/mol. The lowest BCUT2D eigenvalue weighted by molar-refractivity contribution is -0.123. The number of carbonyl (C=O) groups excluding carboxylic acids is 2. The fourth-order valence-electron chi connectivity index (χ4n) is 4.23. The Bertz CT molecular complexity index is 1490. The first-order valence-corrected chi connectivity index (χ1v) is 12.0. The Morgan fingerprint density at radius 2 is 1.70 bits per heavy atom. The van der Waals surface area contributed by atoms with E-state index in [2.05, 4.69) is 20.7 Å². The van der Waals surface area contributed by atoms with E-state index < -0.39 is 17.8 Å². The molecule has 2 aromatic heterocycles. The van der Waals surface area contributed by atoms with Crippen LogP contribution in [0.2, 0.25) is 0 Å². The van der Waals surface area contributed by atoms with Gasteiger partial charge in [0.25, 0.3) is 5.91 Å². The molecule has 5 aromatic rings. The summed E-state index contributed by atoms with van der Waals surface area (Å²) in [6, 6.07) is 22.0. The monoisotopic (exact) mass is 495 g/mol. The molecule has 186 valence electrons. The van der Waals surface area contributed by atoms with Crippen LogP contribution in [0.5, 0.6) is 0 Å². The number of halogens is 1. The molecule has 7 nitrogen and oxygen atoms in total.